The highest BCUT2D eigenvalue weighted by Crippen LogP contribution is 2.13. The molecule has 144 valence electrons. The van der Waals surface area contributed by atoms with Gasteiger partial charge in [0.2, 0.25) is 5.91 Å². The minimum atomic E-state index is -0.739. The molecule has 0 unspecified atom stereocenters. The van der Waals surface area contributed by atoms with Crippen molar-refractivity contribution in [3.05, 3.63) is 36.5 Å². The zero-order chi connectivity index (χ0) is 19.4. The standard InChI is InChI=1S/C17H23N7O3/c1-22(2)16(26)9-23-6-4-13(14(25)8-23)21-17(27)12-3-5-18-15(7-12)24-10-19-20-11-24/h3,5,7,10-11,13-14,25H,4,6,8-9H2,1-2H3,(H,21,27)/t13-,14-/m1/s1. The van der Waals surface area contributed by atoms with Crippen molar-refractivity contribution < 1.29 is 14.7 Å². The second-order valence-electron chi connectivity index (χ2n) is 6.73. The molecular weight excluding hydrogens is 350 g/mol. The number of aliphatic hydroxyl groups excluding tert-OH is 1. The maximum Gasteiger partial charge on any atom is 0.251 e. The number of carbonyl (C=O) groups is 2. The first kappa shape index (κ1) is 18.9. The van der Waals surface area contributed by atoms with Gasteiger partial charge < -0.3 is 15.3 Å². The van der Waals surface area contributed by atoms with Gasteiger partial charge in [0.15, 0.2) is 0 Å². The number of hydrogen-bond acceptors (Lipinski definition) is 7. The van der Waals surface area contributed by atoms with E-state index in [-0.39, 0.29) is 24.4 Å². The molecule has 10 heteroatoms. The van der Waals surface area contributed by atoms with Crippen LogP contribution in [-0.2, 0) is 4.79 Å². The highest BCUT2D eigenvalue weighted by atomic mass is 16.3. The number of aliphatic hydroxyl groups is 1. The van der Waals surface area contributed by atoms with Gasteiger partial charge in [0.25, 0.3) is 5.91 Å². The fourth-order valence-electron chi connectivity index (χ4n) is 2.91. The average molecular weight is 373 g/mol. The molecule has 1 fully saturated rings. The SMILES string of the molecule is CN(C)C(=O)CN1CC[C@@H](NC(=O)c2ccnc(-n3cnnc3)c2)[C@H](O)C1. The predicted octanol–water partition coefficient (Wildman–Crippen LogP) is -1.08. The Bertz CT molecular complexity index is 794. The van der Waals surface area contributed by atoms with E-state index in [0.29, 0.717) is 30.9 Å². The lowest BCUT2D eigenvalue weighted by atomic mass is 10.0. The van der Waals surface area contributed by atoms with Crippen molar-refractivity contribution in [3.8, 4) is 5.82 Å². The quantitative estimate of drug-likeness (QED) is 0.684. The van der Waals surface area contributed by atoms with Gasteiger partial charge in [-0.1, -0.05) is 0 Å². The first-order chi connectivity index (χ1) is 12.9. The first-order valence-corrected chi connectivity index (χ1v) is 8.66. The van der Waals surface area contributed by atoms with Crippen LogP contribution in [-0.4, -0.2) is 92.3 Å². The van der Waals surface area contributed by atoms with E-state index in [4.69, 9.17) is 0 Å². The van der Waals surface area contributed by atoms with E-state index in [1.54, 1.807) is 30.8 Å². The van der Waals surface area contributed by atoms with Crippen LogP contribution in [0, 0.1) is 0 Å². The van der Waals surface area contributed by atoms with Crippen LogP contribution in [0.5, 0.6) is 0 Å². The number of nitrogens with one attached hydrogen (secondary N) is 1. The molecule has 2 N–H and O–H groups in total. The van der Waals surface area contributed by atoms with Gasteiger partial charge in [-0.2, -0.15) is 0 Å². The third-order valence-electron chi connectivity index (χ3n) is 4.53. The summed E-state index contributed by atoms with van der Waals surface area (Å²) in [4.78, 5) is 32.0. The Morgan fingerprint density at radius 1 is 1.33 bits per heavy atom. The fourth-order valence-corrected chi connectivity index (χ4v) is 2.91. The van der Waals surface area contributed by atoms with Crippen LogP contribution in [0.25, 0.3) is 5.82 Å². The zero-order valence-corrected chi connectivity index (χ0v) is 15.3. The molecule has 2 aromatic rings. The van der Waals surface area contributed by atoms with Gasteiger partial charge in [0.1, 0.15) is 18.5 Å². The number of amides is 2. The number of nitrogens with zero attached hydrogens (tertiary/aromatic N) is 6. The molecule has 0 spiro atoms. The van der Waals surface area contributed by atoms with Gasteiger partial charge in [-0.25, -0.2) is 4.98 Å². The van der Waals surface area contributed by atoms with E-state index in [2.05, 4.69) is 20.5 Å². The maximum atomic E-state index is 12.6. The van der Waals surface area contributed by atoms with Crippen molar-refractivity contribution in [3.63, 3.8) is 0 Å². The number of pyridine rings is 1. The monoisotopic (exact) mass is 373 g/mol. The number of likely N-dealkylation sites (N-methyl/N-ethyl adjacent to an activating group) is 1. The molecule has 0 aliphatic carbocycles. The summed E-state index contributed by atoms with van der Waals surface area (Å²) in [5, 5.41) is 20.7. The van der Waals surface area contributed by atoms with Gasteiger partial charge >= 0.3 is 0 Å². The molecule has 0 bridgehead atoms. The number of likely N-dealkylation sites (tertiary alicyclic amines) is 1. The molecule has 27 heavy (non-hydrogen) atoms. The summed E-state index contributed by atoms with van der Waals surface area (Å²) in [7, 11) is 3.41. The maximum absolute atomic E-state index is 12.6. The minimum Gasteiger partial charge on any atom is -0.390 e. The van der Waals surface area contributed by atoms with Gasteiger partial charge in [0, 0.05) is 38.9 Å². The highest BCUT2D eigenvalue weighted by molar-refractivity contribution is 5.94. The van der Waals surface area contributed by atoms with E-state index in [1.807, 2.05) is 4.90 Å². The summed E-state index contributed by atoms with van der Waals surface area (Å²) in [5.74, 6) is 0.238. The van der Waals surface area contributed by atoms with E-state index < -0.39 is 6.10 Å². The Morgan fingerprint density at radius 3 is 2.74 bits per heavy atom. The Kier molecular flexibility index (Phi) is 5.77. The number of aromatic nitrogens is 4. The average Bonchev–Trinajstić information content (AvgIpc) is 3.18. The second-order valence-corrected chi connectivity index (χ2v) is 6.73. The van der Waals surface area contributed by atoms with Crippen LogP contribution in [0.15, 0.2) is 31.0 Å². The van der Waals surface area contributed by atoms with E-state index in [1.165, 1.54) is 23.8 Å². The van der Waals surface area contributed by atoms with Crippen LogP contribution in [0.2, 0.25) is 0 Å². The van der Waals surface area contributed by atoms with Crippen LogP contribution >= 0.6 is 0 Å². The van der Waals surface area contributed by atoms with Crippen LogP contribution in [0.1, 0.15) is 16.8 Å². The minimum absolute atomic E-state index is 0.0111. The molecule has 3 rings (SSSR count). The molecule has 1 aliphatic rings. The molecule has 0 radical (unpaired) electrons. The molecule has 2 aromatic heterocycles. The van der Waals surface area contributed by atoms with E-state index >= 15 is 0 Å². The van der Waals surface area contributed by atoms with Gasteiger partial charge in [-0.3, -0.25) is 19.1 Å². The summed E-state index contributed by atoms with van der Waals surface area (Å²) in [5.41, 5.74) is 0.436. The molecular formula is C17H23N7O3. The summed E-state index contributed by atoms with van der Waals surface area (Å²) < 4.78 is 1.60. The molecule has 0 saturated carbocycles. The van der Waals surface area contributed by atoms with Gasteiger partial charge in [0.05, 0.1) is 18.7 Å². The second kappa shape index (κ2) is 8.23. The van der Waals surface area contributed by atoms with Crippen molar-refractivity contribution in [2.45, 2.75) is 18.6 Å². The molecule has 0 aromatic carbocycles. The summed E-state index contributed by atoms with van der Waals surface area (Å²) in [6, 6.07) is 2.88. The van der Waals surface area contributed by atoms with Crippen molar-refractivity contribution >= 4 is 11.8 Å². The van der Waals surface area contributed by atoms with Crippen molar-refractivity contribution in [2.24, 2.45) is 0 Å². The van der Waals surface area contributed by atoms with Crippen LogP contribution < -0.4 is 5.32 Å². The first-order valence-electron chi connectivity index (χ1n) is 8.66. The molecule has 2 amide bonds. The number of hydrogen-bond donors (Lipinski definition) is 2. The summed E-state index contributed by atoms with van der Waals surface area (Å²) in [6.45, 7) is 1.23. The molecule has 1 aliphatic heterocycles. The fraction of sp³-hybridized carbons (Fsp3) is 0.471. The summed E-state index contributed by atoms with van der Waals surface area (Å²) >= 11 is 0. The van der Waals surface area contributed by atoms with Crippen molar-refractivity contribution in [2.75, 3.05) is 33.7 Å². The summed E-state index contributed by atoms with van der Waals surface area (Å²) in [6.07, 6.45) is 4.36. The smallest absolute Gasteiger partial charge is 0.251 e. The van der Waals surface area contributed by atoms with Crippen LogP contribution in [0.3, 0.4) is 0 Å². The zero-order valence-electron chi connectivity index (χ0n) is 15.3. The lowest BCUT2D eigenvalue weighted by Crippen LogP contribution is -2.55. The Morgan fingerprint density at radius 2 is 2.07 bits per heavy atom. The predicted molar refractivity (Wildman–Crippen MR) is 96.2 cm³/mol. The number of β-amino-alcohol motifs (C(OH)–C–C–N with tert-alkyl or cyclic N) is 1. The van der Waals surface area contributed by atoms with Gasteiger partial charge in [-0.15, -0.1) is 10.2 Å². The Balaban J connectivity index is 1.59. The number of carbonyl (C=O) groups excluding carboxylic acids is 2. The number of piperidine rings is 1. The highest BCUT2D eigenvalue weighted by Gasteiger charge is 2.30. The van der Waals surface area contributed by atoms with Crippen molar-refractivity contribution in [1.29, 1.82) is 0 Å². The molecule has 1 saturated heterocycles. The Labute approximate surface area is 156 Å². The number of rotatable bonds is 5. The molecule has 3 heterocycles. The van der Waals surface area contributed by atoms with Crippen LogP contribution in [0.4, 0.5) is 0 Å². The lowest BCUT2D eigenvalue weighted by molar-refractivity contribution is -0.130. The normalized spacial score (nSPS) is 20.3. The lowest BCUT2D eigenvalue weighted by Gasteiger charge is -2.36. The molecule has 2 atom stereocenters. The molecule has 10 nitrogen and oxygen atoms in total. The third-order valence-corrected chi connectivity index (χ3v) is 4.53. The van der Waals surface area contributed by atoms with E-state index in [0.717, 1.165) is 0 Å². The van der Waals surface area contributed by atoms with Crippen molar-refractivity contribution in [1.82, 2.24) is 34.9 Å². The Hall–Kier alpha value is -2.85. The topological polar surface area (TPSA) is 116 Å². The third kappa shape index (κ3) is 4.66. The van der Waals surface area contributed by atoms with E-state index in [9.17, 15) is 14.7 Å². The van der Waals surface area contributed by atoms with Gasteiger partial charge in [-0.05, 0) is 18.6 Å². The largest absolute Gasteiger partial charge is 0.390 e.